The molecule has 0 spiro atoms. The summed E-state index contributed by atoms with van der Waals surface area (Å²) in [6.45, 7) is 4.24. The molecule has 1 aromatic carbocycles. The Balaban J connectivity index is 1.81. The number of rotatable bonds is 11. The van der Waals surface area contributed by atoms with Gasteiger partial charge >= 0.3 is 0 Å². The number of guanidine groups is 1. The Morgan fingerprint density at radius 2 is 1.93 bits per heavy atom. The summed E-state index contributed by atoms with van der Waals surface area (Å²) in [4.78, 5) is 10.4. The lowest BCUT2D eigenvalue weighted by molar-refractivity contribution is 0.281. The summed E-state index contributed by atoms with van der Waals surface area (Å²) in [5, 5.41) is 3.19. The van der Waals surface area contributed by atoms with Gasteiger partial charge in [-0.25, -0.2) is 13.1 Å². The van der Waals surface area contributed by atoms with Gasteiger partial charge in [-0.05, 0) is 43.3 Å². The van der Waals surface area contributed by atoms with Gasteiger partial charge in [-0.1, -0.05) is 0 Å². The second-order valence-electron chi connectivity index (χ2n) is 6.27. The largest absolute Gasteiger partial charge is 0.497 e. The Kier molecular flexibility index (Phi) is 9.36. The van der Waals surface area contributed by atoms with Crippen LogP contribution in [0.25, 0.3) is 0 Å². The predicted octanol–water partition coefficient (Wildman–Crippen LogP) is 1.34. The minimum absolute atomic E-state index is 0.133. The number of sulfonamides is 1. The molecule has 30 heavy (non-hydrogen) atoms. The van der Waals surface area contributed by atoms with Crippen LogP contribution in [0.1, 0.15) is 6.92 Å². The second kappa shape index (κ2) is 12.0. The molecule has 0 unspecified atom stereocenters. The molecule has 2 rings (SSSR count). The highest BCUT2D eigenvalue weighted by Crippen LogP contribution is 2.16. The van der Waals surface area contributed by atoms with Crippen molar-refractivity contribution in [2.24, 2.45) is 4.99 Å². The van der Waals surface area contributed by atoms with E-state index < -0.39 is 10.0 Å². The average molecular weight is 436 g/mol. The van der Waals surface area contributed by atoms with Gasteiger partial charge in [0.2, 0.25) is 10.0 Å². The van der Waals surface area contributed by atoms with Crippen LogP contribution in [-0.2, 0) is 10.0 Å². The van der Waals surface area contributed by atoms with Gasteiger partial charge in [0.1, 0.15) is 23.0 Å². The van der Waals surface area contributed by atoms with E-state index in [1.165, 1.54) is 18.5 Å². The fourth-order valence-corrected chi connectivity index (χ4v) is 3.46. The fraction of sp³-hybridized carbons (Fsp3) is 0.400. The first-order valence-corrected chi connectivity index (χ1v) is 11.1. The molecule has 10 heteroatoms. The van der Waals surface area contributed by atoms with Gasteiger partial charge in [0, 0.05) is 32.5 Å². The highest BCUT2D eigenvalue weighted by molar-refractivity contribution is 7.89. The lowest BCUT2D eigenvalue weighted by Crippen LogP contribution is -2.41. The summed E-state index contributed by atoms with van der Waals surface area (Å²) in [6.07, 6.45) is 2.84. The van der Waals surface area contributed by atoms with E-state index in [9.17, 15) is 8.42 Å². The van der Waals surface area contributed by atoms with E-state index in [2.05, 4.69) is 20.0 Å². The van der Waals surface area contributed by atoms with E-state index in [0.29, 0.717) is 32.2 Å². The van der Waals surface area contributed by atoms with E-state index in [1.54, 1.807) is 13.2 Å². The van der Waals surface area contributed by atoms with Crippen LogP contribution in [0.2, 0.25) is 0 Å². The van der Waals surface area contributed by atoms with Crippen molar-refractivity contribution in [1.82, 2.24) is 19.9 Å². The average Bonchev–Trinajstić information content (AvgIpc) is 2.77. The van der Waals surface area contributed by atoms with Crippen molar-refractivity contribution in [3.8, 4) is 11.5 Å². The van der Waals surface area contributed by atoms with E-state index in [4.69, 9.17) is 9.47 Å². The molecule has 0 atom stereocenters. The number of ether oxygens (including phenoxy) is 2. The molecule has 0 radical (unpaired) electrons. The molecule has 0 bridgehead atoms. The van der Waals surface area contributed by atoms with Gasteiger partial charge in [-0.15, -0.1) is 0 Å². The predicted molar refractivity (Wildman–Crippen MR) is 117 cm³/mol. The van der Waals surface area contributed by atoms with Crippen molar-refractivity contribution in [3.05, 3.63) is 48.8 Å². The molecule has 164 valence electrons. The lowest BCUT2D eigenvalue weighted by atomic mass is 10.3. The van der Waals surface area contributed by atoms with E-state index >= 15 is 0 Å². The molecule has 0 fully saturated rings. The van der Waals surface area contributed by atoms with Crippen LogP contribution in [0.4, 0.5) is 0 Å². The zero-order valence-corrected chi connectivity index (χ0v) is 18.4. The first-order chi connectivity index (χ1) is 14.5. The number of aromatic nitrogens is 1. The third-order valence-electron chi connectivity index (χ3n) is 4.06. The van der Waals surface area contributed by atoms with Crippen molar-refractivity contribution in [2.45, 2.75) is 11.8 Å². The fourth-order valence-electron chi connectivity index (χ4n) is 2.48. The van der Waals surface area contributed by atoms with Gasteiger partial charge in [0.05, 0.1) is 20.2 Å². The van der Waals surface area contributed by atoms with Crippen molar-refractivity contribution in [2.75, 3.05) is 46.9 Å². The van der Waals surface area contributed by atoms with Crippen LogP contribution in [0.5, 0.6) is 11.5 Å². The summed E-state index contributed by atoms with van der Waals surface area (Å²) in [6, 6.07) is 10.5. The van der Waals surface area contributed by atoms with Crippen molar-refractivity contribution in [3.63, 3.8) is 0 Å². The Labute approximate surface area is 178 Å². The first kappa shape index (κ1) is 23.4. The monoisotopic (exact) mass is 435 g/mol. The topological polar surface area (TPSA) is 105 Å². The summed E-state index contributed by atoms with van der Waals surface area (Å²) in [5.41, 5.74) is 0. The number of nitrogens with zero attached hydrogens (tertiary/aromatic N) is 3. The van der Waals surface area contributed by atoms with Crippen LogP contribution in [0.3, 0.4) is 0 Å². The van der Waals surface area contributed by atoms with Gasteiger partial charge in [-0.2, -0.15) is 0 Å². The number of likely N-dealkylation sites (N-methyl/N-ethyl adjacent to an activating group) is 1. The standard InChI is InChI=1S/C20H29N5O4S/c1-4-22-20(23-12-13-24-30(26,27)19-6-5-11-21-16-19)25(2)14-15-29-18-9-7-17(28-3)8-10-18/h5-11,16,24H,4,12-15H2,1-3H3,(H,22,23). The lowest BCUT2D eigenvalue weighted by Gasteiger charge is -2.22. The molecule has 2 N–H and O–H groups in total. The molecule has 0 aliphatic carbocycles. The molecule has 0 aliphatic rings. The second-order valence-corrected chi connectivity index (χ2v) is 8.03. The quantitative estimate of drug-likeness (QED) is 0.312. The minimum atomic E-state index is -3.59. The molecule has 9 nitrogen and oxygen atoms in total. The zero-order valence-electron chi connectivity index (χ0n) is 17.5. The highest BCUT2D eigenvalue weighted by Gasteiger charge is 2.13. The smallest absolute Gasteiger partial charge is 0.242 e. The third kappa shape index (κ3) is 7.53. The number of nitrogens with one attached hydrogen (secondary N) is 2. The third-order valence-corrected chi connectivity index (χ3v) is 5.51. The molecule has 2 aromatic rings. The maximum Gasteiger partial charge on any atom is 0.242 e. The molecule has 0 aliphatic heterocycles. The Morgan fingerprint density at radius 3 is 2.57 bits per heavy atom. The van der Waals surface area contributed by atoms with E-state index in [-0.39, 0.29) is 11.4 Å². The van der Waals surface area contributed by atoms with Gasteiger partial charge in [0.15, 0.2) is 5.96 Å². The Morgan fingerprint density at radius 1 is 1.20 bits per heavy atom. The number of benzene rings is 1. The van der Waals surface area contributed by atoms with Crippen molar-refractivity contribution < 1.29 is 17.9 Å². The molecule has 0 amide bonds. The van der Waals surface area contributed by atoms with Crippen LogP contribution in [-0.4, -0.2) is 71.2 Å². The number of aliphatic imine (C=N–C) groups is 1. The van der Waals surface area contributed by atoms with Crippen LogP contribution in [0, 0.1) is 0 Å². The van der Waals surface area contributed by atoms with Crippen LogP contribution >= 0.6 is 0 Å². The van der Waals surface area contributed by atoms with Crippen molar-refractivity contribution >= 4 is 16.0 Å². The summed E-state index contributed by atoms with van der Waals surface area (Å²) < 4.78 is 37.8. The molecular formula is C20H29N5O4S. The summed E-state index contributed by atoms with van der Waals surface area (Å²) in [5.74, 6) is 2.22. The summed E-state index contributed by atoms with van der Waals surface area (Å²) in [7, 11) is -0.0626. The van der Waals surface area contributed by atoms with Crippen molar-refractivity contribution in [1.29, 1.82) is 0 Å². The summed E-state index contributed by atoms with van der Waals surface area (Å²) >= 11 is 0. The molecule has 1 aromatic heterocycles. The van der Waals surface area contributed by atoms with Gasteiger partial charge in [-0.3, -0.25) is 9.98 Å². The van der Waals surface area contributed by atoms with E-state index in [0.717, 1.165) is 11.5 Å². The first-order valence-electron chi connectivity index (χ1n) is 9.62. The SMILES string of the molecule is CCNC(=NCCNS(=O)(=O)c1cccnc1)N(C)CCOc1ccc(OC)cc1. The number of pyridine rings is 1. The molecule has 0 saturated heterocycles. The Bertz CT molecular complexity index is 889. The Hall–Kier alpha value is -2.85. The maximum atomic E-state index is 12.2. The normalized spacial score (nSPS) is 11.8. The molecule has 0 saturated carbocycles. The van der Waals surface area contributed by atoms with Gasteiger partial charge in [0.25, 0.3) is 0 Å². The number of hydrogen-bond donors (Lipinski definition) is 2. The molecular weight excluding hydrogens is 406 g/mol. The highest BCUT2D eigenvalue weighted by atomic mass is 32.2. The molecule has 1 heterocycles. The number of hydrogen-bond acceptors (Lipinski definition) is 6. The van der Waals surface area contributed by atoms with Crippen LogP contribution in [0.15, 0.2) is 58.7 Å². The van der Waals surface area contributed by atoms with Gasteiger partial charge < -0.3 is 19.7 Å². The zero-order chi connectivity index (χ0) is 21.8. The maximum absolute atomic E-state index is 12.2. The van der Waals surface area contributed by atoms with Crippen LogP contribution < -0.4 is 19.5 Å². The number of methoxy groups -OCH3 is 1. The van der Waals surface area contributed by atoms with E-state index in [1.807, 2.05) is 43.1 Å². The minimum Gasteiger partial charge on any atom is -0.497 e.